The lowest BCUT2D eigenvalue weighted by Crippen LogP contribution is -2.49. The molecule has 0 aromatic rings. The number of aliphatic hydroxyl groups is 4. The quantitative estimate of drug-likeness (QED) is 0.0394. The Hall–Kier alpha value is -0.690. The van der Waals surface area contributed by atoms with Crippen molar-refractivity contribution in [3.05, 3.63) is 0 Å². The lowest BCUT2D eigenvalue weighted by atomic mass is 10.0. The fourth-order valence-corrected chi connectivity index (χ4v) is 6.53. The molecule has 0 aliphatic rings. The van der Waals surface area contributed by atoms with Crippen LogP contribution in [-0.2, 0) is 4.79 Å². The average Bonchev–Trinajstić information content (AvgIpc) is 3.05. The largest absolute Gasteiger partial charge is 0.385 e. The molecule has 0 heterocycles. The number of unbranched alkanes of at least 4 members (excludes halogenated alkanes) is 30. The van der Waals surface area contributed by atoms with Crippen molar-refractivity contribution in [1.82, 2.24) is 4.90 Å². The predicted molar refractivity (Wildman–Crippen MR) is 196 cm³/mol. The van der Waals surface area contributed by atoms with Gasteiger partial charge in [-0.15, -0.1) is 0 Å². The highest BCUT2D eigenvalue weighted by atomic mass is 16.5. The van der Waals surface area contributed by atoms with Gasteiger partial charge in [-0.2, -0.15) is 0 Å². The van der Waals surface area contributed by atoms with Crippen LogP contribution in [0.4, 0.5) is 0 Å². The van der Waals surface area contributed by atoms with Gasteiger partial charge in [0.05, 0.1) is 0 Å². The van der Waals surface area contributed by atoms with Gasteiger partial charge in [0, 0.05) is 13.1 Å². The van der Waals surface area contributed by atoms with Crippen LogP contribution in [0.25, 0.3) is 0 Å². The molecule has 6 heteroatoms. The smallest absolute Gasteiger partial charge is 0.254 e. The molecule has 0 bridgehead atoms. The highest BCUT2D eigenvalue weighted by Gasteiger charge is 2.32. The van der Waals surface area contributed by atoms with Gasteiger partial charge in [0.15, 0.2) is 12.4 Å². The summed E-state index contributed by atoms with van der Waals surface area (Å²) in [6, 6.07) is 0. The van der Waals surface area contributed by atoms with E-state index in [2.05, 4.69) is 13.8 Å². The Morgan fingerprint density at radius 3 is 0.826 bits per heavy atom. The van der Waals surface area contributed by atoms with Gasteiger partial charge in [-0.25, -0.2) is 0 Å². The number of aliphatic hydroxyl groups excluding tert-OH is 3. The van der Waals surface area contributed by atoms with E-state index in [0.717, 1.165) is 38.5 Å². The summed E-state index contributed by atoms with van der Waals surface area (Å²) >= 11 is 0. The zero-order valence-corrected chi connectivity index (χ0v) is 30.9. The zero-order chi connectivity index (χ0) is 33.9. The van der Waals surface area contributed by atoms with Crippen LogP contribution in [0.5, 0.6) is 0 Å². The Labute approximate surface area is 286 Å². The van der Waals surface area contributed by atoms with Crippen LogP contribution < -0.4 is 0 Å². The Morgan fingerprint density at radius 2 is 0.609 bits per heavy atom. The minimum absolute atomic E-state index is 0.543. The molecule has 1 amide bonds. The molecule has 0 aliphatic carbocycles. The van der Waals surface area contributed by atoms with Gasteiger partial charge in [0.2, 0.25) is 0 Å². The van der Waals surface area contributed by atoms with Gasteiger partial charge in [0.1, 0.15) is 6.10 Å². The molecule has 0 aromatic carbocycles. The Balaban J connectivity index is 3.97. The van der Waals surface area contributed by atoms with Crippen molar-refractivity contribution in [2.75, 3.05) is 13.1 Å². The van der Waals surface area contributed by atoms with E-state index < -0.39 is 24.4 Å². The fraction of sp³-hybridized carbons (Fsp3) is 0.975. The molecule has 0 fully saturated rings. The van der Waals surface area contributed by atoms with Gasteiger partial charge < -0.3 is 25.3 Å². The lowest BCUT2D eigenvalue weighted by Gasteiger charge is -2.28. The molecule has 46 heavy (non-hydrogen) atoms. The van der Waals surface area contributed by atoms with Gasteiger partial charge in [-0.3, -0.25) is 4.79 Å². The van der Waals surface area contributed by atoms with Crippen molar-refractivity contribution in [1.29, 1.82) is 0 Å². The van der Waals surface area contributed by atoms with Crippen molar-refractivity contribution >= 4 is 5.91 Å². The number of carbonyl (C=O) groups is 1. The first-order chi connectivity index (χ1) is 22.5. The summed E-state index contributed by atoms with van der Waals surface area (Å²) in [6.45, 7) is 5.63. The molecule has 0 saturated heterocycles. The molecular formula is C40H81NO5. The first-order valence-corrected chi connectivity index (χ1v) is 20.5. The Morgan fingerprint density at radius 1 is 0.391 bits per heavy atom. The Bertz CT molecular complexity index is 580. The number of hydrogen-bond donors (Lipinski definition) is 4. The molecular weight excluding hydrogens is 574 g/mol. The number of hydrogen-bond acceptors (Lipinski definition) is 5. The maximum absolute atomic E-state index is 12.9. The van der Waals surface area contributed by atoms with Crippen molar-refractivity contribution in [2.24, 2.45) is 0 Å². The summed E-state index contributed by atoms with van der Waals surface area (Å²) in [5, 5.41) is 38.6. The van der Waals surface area contributed by atoms with Gasteiger partial charge >= 0.3 is 0 Å². The van der Waals surface area contributed by atoms with Gasteiger partial charge in [-0.05, 0) is 12.8 Å². The first-order valence-electron chi connectivity index (χ1n) is 20.5. The molecule has 6 nitrogen and oxygen atoms in total. The highest BCUT2D eigenvalue weighted by molar-refractivity contribution is 5.81. The number of nitrogens with zero attached hydrogens (tertiary/aromatic N) is 1. The SMILES string of the molecule is CCCCCCCCCCCCCCCCCCN(CCCCCCCCCCCCCCCCCC)C(=O)C(O)C(O)C(O)O. The summed E-state index contributed by atoms with van der Waals surface area (Å²) in [4.78, 5) is 14.5. The summed E-state index contributed by atoms with van der Waals surface area (Å²) in [5.41, 5.74) is 0. The van der Waals surface area contributed by atoms with E-state index in [1.165, 1.54) is 167 Å². The van der Waals surface area contributed by atoms with Crippen molar-refractivity contribution < 1.29 is 25.2 Å². The maximum atomic E-state index is 12.9. The average molecular weight is 656 g/mol. The standard InChI is InChI=1S/C40H81NO5/c1-3-5-7-9-11-13-15-17-19-21-23-25-27-29-31-33-35-41(39(44)37(42)38(43)40(45)46)36-34-32-30-28-26-24-22-20-18-16-14-12-10-8-6-4-2/h37-38,40,42-43,45-46H,3-36H2,1-2H3. The summed E-state index contributed by atoms with van der Waals surface area (Å²) < 4.78 is 0. The van der Waals surface area contributed by atoms with Crippen LogP contribution in [0, 0.1) is 0 Å². The molecule has 276 valence electrons. The van der Waals surface area contributed by atoms with Crippen LogP contribution >= 0.6 is 0 Å². The van der Waals surface area contributed by atoms with E-state index in [9.17, 15) is 25.2 Å². The van der Waals surface area contributed by atoms with Gasteiger partial charge in [-0.1, -0.05) is 206 Å². The third kappa shape index (κ3) is 29.4. The molecule has 0 aromatic heterocycles. The second-order valence-electron chi connectivity index (χ2n) is 14.3. The topological polar surface area (TPSA) is 101 Å². The maximum Gasteiger partial charge on any atom is 0.254 e. The zero-order valence-electron chi connectivity index (χ0n) is 30.9. The van der Waals surface area contributed by atoms with Crippen LogP contribution in [0.2, 0.25) is 0 Å². The van der Waals surface area contributed by atoms with Crippen molar-refractivity contribution in [2.45, 2.75) is 238 Å². The number of amides is 1. The van der Waals surface area contributed by atoms with E-state index in [1.807, 2.05) is 0 Å². The summed E-state index contributed by atoms with van der Waals surface area (Å²) in [7, 11) is 0. The fourth-order valence-electron chi connectivity index (χ4n) is 6.53. The highest BCUT2D eigenvalue weighted by Crippen LogP contribution is 2.16. The predicted octanol–water partition coefficient (Wildman–Crippen LogP) is 10.4. The minimum atomic E-state index is -2.13. The molecule has 0 rings (SSSR count). The molecule has 4 N–H and O–H groups in total. The van der Waals surface area contributed by atoms with E-state index in [1.54, 1.807) is 4.90 Å². The van der Waals surface area contributed by atoms with Crippen LogP contribution in [-0.4, -0.2) is 62.8 Å². The molecule has 2 atom stereocenters. The van der Waals surface area contributed by atoms with E-state index in [0.29, 0.717) is 13.1 Å². The number of rotatable bonds is 37. The molecule has 0 saturated carbocycles. The summed E-state index contributed by atoms with van der Waals surface area (Å²) in [6.07, 6.45) is 35.6. The Kier molecular flexibility index (Phi) is 35.1. The van der Waals surface area contributed by atoms with E-state index >= 15 is 0 Å². The van der Waals surface area contributed by atoms with Crippen molar-refractivity contribution in [3.8, 4) is 0 Å². The monoisotopic (exact) mass is 656 g/mol. The first kappa shape index (κ1) is 45.3. The van der Waals surface area contributed by atoms with Crippen LogP contribution in [0.3, 0.4) is 0 Å². The molecule has 0 spiro atoms. The summed E-state index contributed by atoms with van der Waals surface area (Å²) in [5.74, 6) is -0.595. The third-order valence-electron chi connectivity index (χ3n) is 9.76. The number of carbonyl (C=O) groups excluding carboxylic acids is 1. The van der Waals surface area contributed by atoms with Crippen LogP contribution in [0.1, 0.15) is 219 Å². The lowest BCUT2D eigenvalue weighted by molar-refractivity contribution is -0.176. The van der Waals surface area contributed by atoms with E-state index in [4.69, 9.17) is 0 Å². The molecule has 2 unspecified atom stereocenters. The molecule has 0 aliphatic heterocycles. The minimum Gasteiger partial charge on any atom is -0.385 e. The van der Waals surface area contributed by atoms with Crippen molar-refractivity contribution in [3.63, 3.8) is 0 Å². The molecule has 0 radical (unpaired) electrons. The van der Waals surface area contributed by atoms with Crippen LogP contribution in [0.15, 0.2) is 0 Å². The third-order valence-corrected chi connectivity index (χ3v) is 9.76. The van der Waals surface area contributed by atoms with E-state index in [-0.39, 0.29) is 0 Å². The van der Waals surface area contributed by atoms with Gasteiger partial charge in [0.25, 0.3) is 5.91 Å². The second-order valence-corrected chi connectivity index (χ2v) is 14.3. The second kappa shape index (κ2) is 35.6. The normalized spacial score (nSPS) is 13.0.